The van der Waals surface area contributed by atoms with Crippen LogP contribution in [-0.2, 0) is 0 Å². The number of hydrogen-bond donors (Lipinski definition) is 1. The molecule has 7 aromatic rings. The number of anilines is 2. The summed E-state index contributed by atoms with van der Waals surface area (Å²) in [4.78, 5) is 0. The molecule has 0 aromatic heterocycles. The Labute approximate surface area is 264 Å². The van der Waals surface area contributed by atoms with E-state index in [0.29, 0.717) is 5.56 Å². The molecule has 0 unspecified atom stereocenters. The molecule has 0 radical (unpaired) electrons. The minimum absolute atomic E-state index is 0.670. The fourth-order valence-corrected chi connectivity index (χ4v) is 5.74. The first-order chi connectivity index (χ1) is 22.2. The van der Waals surface area contributed by atoms with Crippen molar-refractivity contribution in [3.05, 3.63) is 181 Å². The Hall–Kier alpha value is -6.17. The van der Waals surface area contributed by atoms with E-state index >= 15 is 0 Å². The summed E-state index contributed by atoms with van der Waals surface area (Å²) in [5, 5.41) is 12.7. The molecule has 0 bridgehead atoms. The zero-order valence-electron chi connectivity index (χ0n) is 24.7. The third-order valence-corrected chi connectivity index (χ3v) is 8.11. The summed E-state index contributed by atoms with van der Waals surface area (Å²) >= 11 is 0. The molecule has 0 aliphatic carbocycles. The predicted octanol–water partition coefficient (Wildman–Crippen LogP) is 11.6. The van der Waals surface area contributed by atoms with Crippen molar-refractivity contribution in [2.24, 2.45) is 0 Å². The van der Waals surface area contributed by atoms with Crippen LogP contribution >= 0.6 is 0 Å². The zero-order valence-corrected chi connectivity index (χ0v) is 24.7. The van der Waals surface area contributed by atoms with Crippen LogP contribution in [0.4, 0.5) is 11.4 Å². The van der Waals surface area contributed by atoms with E-state index in [1.165, 1.54) is 33.4 Å². The highest BCUT2D eigenvalue weighted by molar-refractivity contribution is 5.84. The largest absolute Gasteiger partial charge is 0.355 e. The van der Waals surface area contributed by atoms with Gasteiger partial charge < -0.3 is 5.32 Å². The van der Waals surface area contributed by atoms with Gasteiger partial charge in [-0.3, -0.25) is 0 Å². The van der Waals surface area contributed by atoms with Gasteiger partial charge in [0.15, 0.2) is 0 Å². The number of hydrogen-bond acceptors (Lipinski definition) is 2. The van der Waals surface area contributed by atoms with Crippen molar-refractivity contribution in [2.75, 3.05) is 5.32 Å². The Morgan fingerprint density at radius 2 is 0.778 bits per heavy atom. The molecule has 0 atom stereocenters. The van der Waals surface area contributed by atoms with E-state index in [0.717, 1.165) is 33.6 Å². The Morgan fingerprint density at radius 3 is 1.31 bits per heavy atom. The molecule has 7 aromatic carbocycles. The van der Waals surface area contributed by atoms with Gasteiger partial charge in [0.25, 0.3) is 0 Å². The minimum atomic E-state index is 0.670. The third kappa shape index (κ3) is 6.15. The van der Waals surface area contributed by atoms with Gasteiger partial charge in [-0.15, -0.1) is 0 Å². The molecule has 0 saturated carbocycles. The smallest absolute Gasteiger partial charge is 0.0991 e. The van der Waals surface area contributed by atoms with Crippen molar-refractivity contribution >= 4 is 11.4 Å². The topological polar surface area (TPSA) is 35.8 Å². The van der Waals surface area contributed by atoms with Gasteiger partial charge in [0.05, 0.1) is 11.6 Å². The molecule has 2 heteroatoms. The first kappa shape index (κ1) is 27.7. The van der Waals surface area contributed by atoms with Crippen LogP contribution in [0.1, 0.15) is 5.56 Å². The predicted molar refractivity (Wildman–Crippen MR) is 188 cm³/mol. The number of rotatable bonds is 7. The molecule has 212 valence electrons. The Bertz CT molecular complexity index is 2120. The van der Waals surface area contributed by atoms with Crippen molar-refractivity contribution in [1.29, 1.82) is 5.26 Å². The molecule has 2 nitrogen and oxygen atoms in total. The number of para-hydroxylation sites is 2. The summed E-state index contributed by atoms with van der Waals surface area (Å²) in [7, 11) is 0. The normalized spacial score (nSPS) is 10.6. The first-order valence-electron chi connectivity index (χ1n) is 15.1. The summed E-state index contributed by atoms with van der Waals surface area (Å²) in [6.07, 6.45) is 0. The van der Waals surface area contributed by atoms with Gasteiger partial charge in [0, 0.05) is 16.9 Å². The van der Waals surface area contributed by atoms with E-state index in [1.54, 1.807) is 0 Å². The molecule has 0 aliphatic rings. The first-order valence-corrected chi connectivity index (χ1v) is 15.1. The van der Waals surface area contributed by atoms with Crippen LogP contribution in [0.2, 0.25) is 0 Å². The lowest BCUT2D eigenvalue weighted by atomic mass is 9.94. The second kappa shape index (κ2) is 12.6. The van der Waals surface area contributed by atoms with Gasteiger partial charge in [-0.2, -0.15) is 5.26 Å². The van der Waals surface area contributed by atoms with E-state index in [2.05, 4.69) is 145 Å². The number of nitrogens with one attached hydrogen (secondary N) is 1. The van der Waals surface area contributed by atoms with Crippen molar-refractivity contribution in [2.45, 2.75) is 0 Å². The van der Waals surface area contributed by atoms with Gasteiger partial charge in [0.1, 0.15) is 0 Å². The summed E-state index contributed by atoms with van der Waals surface area (Å²) in [6, 6.07) is 63.5. The third-order valence-electron chi connectivity index (χ3n) is 8.11. The van der Waals surface area contributed by atoms with E-state index < -0.39 is 0 Å². The molecule has 0 amide bonds. The molecule has 0 saturated heterocycles. The lowest BCUT2D eigenvalue weighted by Gasteiger charge is -2.14. The van der Waals surface area contributed by atoms with Crippen LogP contribution in [-0.4, -0.2) is 0 Å². The molecule has 0 aliphatic heterocycles. The van der Waals surface area contributed by atoms with E-state index in [4.69, 9.17) is 5.26 Å². The maximum atomic E-state index is 9.12. The molecule has 0 fully saturated rings. The second-order valence-electron chi connectivity index (χ2n) is 11.0. The zero-order chi connectivity index (χ0) is 30.4. The lowest BCUT2D eigenvalue weighted by molar-refractivity contribution is 1.48. The monoisotopic (exact) mass is 574 g/mol. The van der Waals surface area contributed by atoms with Gasteiger partial charge in [-0.05, 0) is 98.6 Å². The second-order valence-corrected chi connectivity index (χ2v) is 11.0. The maximum Gasteiger partial charge on any atom is 0.0991 e. The number of nitrogens with zero attached hydrogens (tertiary/aromatic N) is 1. The minimum Gasteiger partial charge on any atom is -0.355 e. The molecular formula is C43H30N2. The van der Waals surface area contributed by atoms with Gasteiger partial charge in [-0.1, -0.05) is 127 Å². The van der Waals surface area contributed by atoms with E-state index in [-0.39, 0.29) is 0 Å². The van der Waals surface area contributed by atoms with Gasteiger partial charge in [-0.25, -0.2) is 0 Å². The fourth-order valence-electron chi connectivity index (χ4n) is 5.74. The van der Waals surface area contributed by atoms with Crippen molar-refractivity contribution in [3.63, 3.8) is 0 Å². The Kier molecular flexibility index (Phi) is 7.74. The molecule has 45 heavy (non-hydrogen) atoms. The van der Waals surface area contributed by atoms with Crippen LogP contribution < -0.4 is 5.32 Å². The molecular weight excluding hydrogens is 544 g/mol. The van der Waals surface area contributed by atoms with Crippen LogP contribution in [0.25, 0.3) is 55.6 Å². The maximum absolute atomic E-state index is 9.12. The Morgan fingerprint density at radius 1 is 0.356 bits per heavy atom. The summed E-state index contributed by atoms with van der Waals surface area (Å²) in [5.74, 6) is 0. The van der Waals surface area contributed by atoms with E-state index in [1.807, 2.05) is 42.5 Å². The average Bonchev–Trinajstić information content (AvgIpc) is 3.12. The molecule has 1 N–H and O–H groups in total. The summed E-state index contributed by atoms with van der Waals surface area (Å²) in [6.45, 7) is 0. The molecule has 7 rings (SSSR count). The quantitative estimate of drug-likeness (QED) is 0.205. The highest BCUT2D eigenvalue weighted by Crippen LogP contribution is 2.35. The standard InChI is InChI=1S/C43H30N2/c44-30-31-19-21-32(22-20-31)35-9-6-10-36(27-35)33-23-25-34(26-24-33)37-11-7-12-38(28-37)39-13-8-14-40(29-39)42-17-4-5-18-43(42)45-41-15-2-1-3-16-41/h1-29,45H. The number of benzene rings is 7. The van der Waals surface area contributed by atoms with Crippen molar-refractivity contribution < 1.29 is 0 Å². The molecule has 0 heterocycles. The average molecular weight is 575 g/mol. The summed E-state index contributed by atoms with van der Waals surface area (Å²) in [5.41, 5.74) is 14.4. The Balaban J connectivity index is 1.14. The van der Waals surface area contributed by atoms with Gasteiger partial charge in [0.2, 0.25) is 0 Å². The van der Waals surface area contributed by atoms with Crippen molar-refractivity contribution in [3.8, 4) is 61.7 Å². The van der Waals surface area contributed by atoms with Crippen LogP contribution in [0.15, 0.2) is 176 Å². The number of nitriles is 1. The SMILES string of the molecule is N#Cc1ccc(-c2cccc(-c3ccc(-c4cccc(-c5cccc(-c6ccccc6Nc6ccccc6)c5)c4)cc3)c2)cc1. The fraction of sp³-hybridized carbons (Fsp3) is 0. The van der Waals surface area contributed by atoms with Crippen LogP contribution in [0.5, 0.6) is 0 Å². The lowest BCUT2D eigenvalue weighted by Crippen LogP contribution is -1.93. The summed E-state index contributed by atoms with van der Waals surface area (Å²) < 4.78 is 0. The van der Waals surface area contributed by atoms with Gasteiger partial charge >= 0.3 is 0 Å². The highest BCUT2D eigenvalue weighted by atomic mass is 14.9. The van der Waals surface area contributed by atoms with Crippen molar-refractivity contribution in [1.82, 2.24) is 0 Å². The highest BCUT2D eigenvalue weighted by Gasteiger charge is 2.09. The van der Waals surface area contributed by atoms with Crippen LogP contribution in [0.3, 0.4) is 0 Å². The van der Waals surface area contributed by atoms with E-state index in [9.17, 15) is 0 Å². The molecule has 0 spiro atoms. The van der Waals surface area contributed by atoms with Crippen LogP contribution in [0, 0.1) is 11.3 Å².